The Kier molecular flexibility index (Phi) is 9.15. The maximum Gasteiger partial charge on any atom is 0.243 e. The number of benzene rings is 1. The highest BCUT2D eigenvalue weighted by atomic mass is 79.9. The van der Waals surface area contributed by atoms with Crippen LogP contribution < -0.4 is 0 Å². The molecule has 0 aliphatic carbocycles. The van der Waals surface area contributed by atoms with Crippen LogP contribution in [0.1, 0.15) is 52.0 Å². The summed E-state index contributed by atoms with van der Waals surface area (Å²) >= 11 is 5.11. The van der Waals surface area contributed by atoms with Gasteiger partial charge in [0.05, 0.1) is 17.5 Å². The Hall–Kier alpha value is -0.513. The van der Waals surface area contributed by atoms with Gasteiger partial charge in [0, 0.05) is 21.3 Å². The van der Waals surface area contributed by atoms with E-state index in [9.17, 15) is 8.42 Å². The van der Waals surface area contributed by atoms with Crippen LogP contribution in [0.3, 0.4) is 0 Å². The van der Waals surface area contributed by atoms with Gasteiger partial charge in [-0.25, -0.2) is 8.42 Å². The van der Waals surface area contributed by atoms with Gasteiger partial charge in [0.15, 0.2) is 8.32 Å². The van der Waals surface area contributed by atoms with Gasteiger partial charge in [0.2, 0.25) is 10.0 Å². The molecule has 0 saturated heterocycles. The third-order valence-corrected chi connectivity index (χ3v) is 14.2. The average molecular weight is 547 g/mol. The summed E-state index contributed by atoms with van der Waals surface area (Å²) in [6.45, 7) is 16.1. The van der Waals surface area contributed by atoms with Gasteiger partial charge >= 0.3 is 0 Å². The number of nitrogens with zero attached hydrogens (tertiary/aromatic N) is 1. The Morgan fingerprint density at radius 2 is 1.77 bits per heavy atom. The van der Waals surface area contributed by atoms with Crippen LogP contribution >= 0.6 is 27.3 Å². The van der Waals surface area contributed by atoms with Crippen molar-refractivity contribution >= 4 is 45.6 Å². The molecule has 174 valence electrons. The fourth-order valence-electron chi connectivity index (χ4n) is 2.87. The Balaban J connectivity index is 2.50. The van der Waals surface area contributed by atoms with Crippen LogP contribution in [0.4, 0.5) is 0 Å². The van der Waals surface area contributed by atoms with E-state index in [1.165, 1.54) is 0 Å². The standard InChI is InChI=1S/C23H36BrNO3S2Si/c1-18(2)13-14-25(30(26,27)20-11-9-8-10-12-20)21(22-15-19(24)17-29-22)16-28-31(6,7)23(3,4)5/h8-12,15,17-18,21H,13-14,16H2,1-7H3/t21-/m1/s1. The van der Waals surface area contributed by atoms with Crippen LogP contribution in [0.15, 0.2) is 51.1 Å². The minimum atomic E-state index is -3.68. The van der Waals surface area contributed by atoms with Gasteiger partial charge in [0.1, 0.15) is 0 Å². The van der Waals surface area contributed by atoms with Crippen LogP contribution in [0, 0.1) is 5.92 Å². The lowest BCUT2D eigenvalue weighted by atomic mass is 10.1. The molecule has 0 fully saturated rings. The van der Waals surface area contributed by atoms with Gasteiger partial charge < -0.3 is 4.43 Å². The highest BCUT2D eigenvalue weighted by Crippen LogP contribution is 2.39. The molecule has 1 aromatic carbocycles. The molecule has 1 heterocycles. The van der Waals surface area contributed by atoms with Crippen molar-refractivity contribution in [2.45, 2.75) is 70.1 Å². The zero-order chi connectivity index (χ0) is 23.4. The molecule has 2 rings (SSSR count). The Morgan fingerprint density at radius 3 is 2.26 bits per heavy atom. The molecule has 0 aliphatic heterocycles. The first-order valence-corrected chi connectivity index (χ1v) is 16.7. The summed E-state index contributed by atoms with van der Waals surface area (Å²) in [5.74, 6) is 0.394. The third kappa shape index (κ3) is 6.98. The Morgan fingerprint density at radius 1 is 1.16 bits per heavy atom. The number of hydrogen-bond acceptors (Lipinski definition) is 4. The van der Waals surface area contributed by atoms with Crippen molar-refractivity contribution < 1.29 is 12.8 Å². The van der Waals surface area contributed by atoms with Crippen LogP contribution in [0.5, 0.6) is 0 Å². The summed E-state index contributed by atoms with van der Waals surface area (Å²) < 4.78 is 36.7. The van der Waals surface area contributed by atoms with Gasteiger partial charge in [-0.2, -0.15) is 4.31 Å². The second-order valence-corrected chi connectivity index (χ2v) is 18.4. The molecule has 4 nitrogen and oxygen atoms in total. The normalized spacial score (nSPS) is 14.4. The molecule has 0 aliphatic rings. The zero-order valence-corrected chi connectivity index (χ0v) is 23.9. The molecule has 0 saturated carbocycles. The second-order valence-electron chi connectivity index (χ2n) is 9.87. The third-order valence-electron chi connectivity index (χ3n) is 5.95. The number of sulfonamides is 1. The predicted octanol–water partition coefficient (Wildman–Crippen LogP) is 7.31. The summed E-state index contributed by atoms with van der Waals surface area (Å²) in [4.78, 5) is 1.32. The fraction of sp³-hybridized carbons (Fsp3) is 0.565. The molecular weight excluding hydrogens is 510 g/mol. The molecule has 1 aromatic heterocycles. The smallest absolute Gasteiger partial charge is 0.243 e. The van der Waals surface area contributed by atoms with Crippen LogP contribution in [-0.2, 0) is 14.4 Å². The van der Waals surface area contributed by atoms with Crippen molar-refractivity contribution in [1.29, 1.82) is 0 Å². The van der Waals surface area contributed by atoms with Crippen molar-refractivity contribution in [3.63, 3.8) is 0 Å². The molecule has 1 atom stereocenters. The van der Waals surface area contributed by atoms with E-state index < -0.39 is 18.3 Å². The molecule has 8 heteroatoms. The summed E-state index contributed by atoms with van der Waals surface area (Å²) in [6, 6.07) is 10.4. The molecule has 2 aromatic rings. The molecule has 0 amide bonds. The van der Waals surface area contributed by atoms with E-state index in [0.29, 0.717) is 24.0 Å². The minimum Gasteiger partial charge on any atom is -0.415 e. The molecule has 0 unspecified atom stereocenters. The zero-order valence-electron chi connectivity index (χ0n) is 19.7. The maximum absolute atomic E-state index is 13.8. The van der Waals surface area contributed by atoms with Gasteiger partial charge in [-0.05, 0) is 64.6 Å². The van der Waals surface area contributed by atoms with E-state index in [1.807, 2.05) is 17.5 Å². The summed E-state index contributed by atoms with van der Waals surface area (Å²) in [6.07, 6.45) is 0.787. The molecule has 0 radical (unpaired) electrons. The van der Waals surface area contributed by atoms with Crippen molar-refractivity contribution in [1.82, 2.24) is 4.31 Å². The lowest BCUT2D eigenvalue weighted by molar-refractivity contribution is 0.189. The van der Waals surface area contributed by atoms with Crippen LogP contribution in [-0.4, -0.2) is 34.2 Å². The van der Waals surface area contributed by atoms with Gasteiger partial charge in [-0.3, -0.25) is 0 Å². The lowest BCUT2D eigenvalue weighted by Gasteiger charge is -2.39. The topological polar surface area (TPSA) is 46.6 Å². The van der Waals surface area contributed by atoms with Gasteiger partial charge in [0.25, 0.3) is 0 Å². The van der Waals surface area contributed by atoms with E-state index in [4.69, 9.17) is 4.43 Å². The molecule has 0 bridgehead atoms. The SMILES string of the molecule is CC(C)CCN([C@H](CO[Si](C)(C)C(C)(C)C)c1cc(Br)cs1)S(=O)(=O)c1ccccc1. The molecule has 0 spiro atoms. The summed E-state index contributed by atoms with van der Waals surface area (Å²) in [7, 11) is -5.73. The Labute approximate surface area is 202 Å². The van der Waals surface area contributed by atoms with Crippen LogP contribution in [0.25, 0.3) is 0 Å². The average Bonchev–Trinajstić information content (AvgIpc) is 3.09. The van der Waals surface area contributed by atoms with Crippen molar-refractivity contribution in [3.05, 3.63) is 51.1 Å². The lowest BCUT2D eigenvalue weighted by Crippen LogP contribution is -2.45. The van der Waals surface area contributed by atoms with E-state index in [2.05, 4.69) is 63.6 Å². The van der Waals surface area contributed by atoms with E-state index in [-0.39, 0.29) is 11.1 Å². The highest BCUT2D eigenvalue weighted by molar-refractivity contribution is 9.10. The van der Waals surface area contributed by atoms with E-state index in [1.54, 1.807) is 39.9 Å². The maximum atomic E-state index is 13.8. The molecular formula is C23H36BrNO3S2Si. The minimum absolute atomic E-state index is 0.0502. The van der Waals surface area contributed by atoms with Gasteiger partial charge in [-0.1, -0.05) is 52.8 Å². The molecule has 0 N–H and O–H groups in total. The fourth-order valence-corrected chi connectivity index (χ4v) is 7.11. The first-order chi connectivity index (χ1) is 14.3. The number of thiophene rings is 1. The van der Waals surface area contributed by atoms with Crippen molar-refractivity contribution in [2.75, 3.05) is 13.2 Å². The van der Waals surface area contributed by atoms with E-state index in [0.717, 1.165) is 15.8 Å². The largest absolute Gasteiger partial charge is 0.415 e. The first-order valence-electron chi connectivity index (χ1n) is 10.7. The monoisotopic (exact) mass is 545 g/mol. The highest BCUT2D eigenvalue weighted by Gasteiger charge is 2.40. The Bertz CT molecular complexity index is 937. The molecule has 31 heavy (non-hydrogen) atoms. The van der Waals surface area contributed by atoms with Crippen molar-refractivity contribution in [2.24, 2.45) is 5.92 Å². The number of hydrogen-bond donors (Lipinski definition) is 0. The summed E-state index contributed by atoms with van der Waals surface area (Å²) in [5, 5.41) is 2.05. The second kappa shape index (κ2) is 10.6. The van der Waals surface area contributed by atoms with Crippen LogP contribution in [0.2, 0.25) is 18.1 Å². The predicted molar refractivity (Wildman–Crippen MR) is 138 cm³/mol. The van der Waals surface area contributed by atoms with E-state index >= 15 is 0 Å². The summed E-state index contributed by atoms with van der Waals surface area (Å²) in [5.41, 5.74) is 0. The number of halogens is 1. The first kappa shape index (κ1) is 26.7. The number of rotatable bonds is 10. The van der Waals surface area contributed by atoms with Gasteiger partial charge in [-0.15, -0.1) is 11.3 Å². The quantitative estimate of drug-likeness (QED) is 0.294. The van der Waals surface area contributed by atoms with Crippen molar-refractivity contribution in [3.8, 4) is 0 Å².